The molecule has 110 valence electrons. The molecule has 1 aliphatic rings. The van der Waals surface area contributed by atoms with E-state index >= 15 is 0 Å². The molecular weight excluding hydrogens is 282 g/mol. The van der Waals surface area contributed by atoms with Crippen molar-refractivity contribution in [1.82, 2.24) is 14.9 Å². The number of hydrogen-bond donors (Lipinski definition) is 0. The first-order valence-electron chi connectivity index (χ1n) is 7.28. The van der Waals surface area contributed by atoms with Gasteiger partial charge in [0, 0.05) is 24.2 Å². The third-order valence-electron chi connectivity index (χ3n) is 4.06. The molecule has 0 radical (unpaired) electrons. The molecule has 5 heteroatoms. The standard InChI is InChI=1S/C16H19N3OS/c1-11-14(10-17-12(2)18-11)16(20)19-7-5-13(6-8-19)15-4-3-9-21-15/h3-4,9-10,13H,5-8H2,1-2H3. The van der Waals surface area contributed by atoms with Crippen LogP contribution in [0.5, 0.6) is 0 Å². The van der Waals surface area contributed by atoms with Gasteiger partial charge in [0.25, 0.3) is 5.91 Å². The number of aryl methyl sites for hydroxylation is 2. The van der Waals surface area contributed by atoms with Gasteiger partial charge in [0.2, 0.25) is 0 Å². The Morgan fingerprint density at radius 2 is 2.10 bits per heavy atom. The summed E-state index contributed by atoms with van der Waals surface area (Å²) in [6.07, 6.45) is 3.74. The zero-order valence-electron chi connectivity index (χ0n) is 12.4. The minimum Gasteiger partial charge on any atom is -0.338 e. The zero-order chi connectivity index (χ0) is 14.8. The molecule has 1 aliphatic heterocycles. The minimum absolute atomic E-state index is 0.0668. The Morgan fingerprint density at radius 3 is 2.71 bits per heavy atom. The molecule has 3 rings (SSSR count). The summed E-state index contributed by atoms with van der Waals surface area (Å²) in [5.41, 5.74) is 1.41. The van der Waals surface area contributed by atoms with Crippen LogP contribution in [-0.4, -0.2) is 33.9 Å². The number of aromatic nitrogens is 2. The molecule has 1 amide bonds. The van der Waals surface area contributed by atoms with Crippen molar-refractivity contribution in [2.45, 2.75) is 32.6 Å². The SMILES string of the molecule is Cc1ncc(C(=O)N2CCC(c3cccs3)CC2)c(C)n1. The van der Waals surface area contributed by atoms with E-state index in [-0.39, 0.29) is 5.91 Å². The largest absolute Gasteiger partial charge is 0.338 e. The lowest BCUT2D eigenvalue weighted by Gasteiger charge is -2.31. The molecule has 2 aromatic heterocycles. The topological polar surface area (TPSA) is 46.1 Å². The fourth-order valence-corrected chi connectivity index (χ4v) is 3.75. The van der Waals surface area contributed by atoms with Crippen molar-refractivity contribution in [3.63, 3.8) is 0 Å². The maximum Gasteiger partial charge on any atom is 0.257 e. The summed E-state index contributed by atoms with van der Waals surface area (Å²) in [4.78, 5) is 24.4. The predicted molar refractivity (Wildman–Crippen MR) is 83.7 cm³/mol. The van der Waals surface area contributed by atoms with Crippen molar-refractivity contribution in [2.24, 2.45) is 0 Å². The van der Waals surface area contributed by atoms with Crippen molar-refractivity contribution in [1.29, 1.82) is 0 Å². The summed E-state index contributed by atoms with van der Waals surface area (Å²) in [5, 5.41) is 2.12. The highest BCUT2D eigenvalue weighted by Crippen LogP contribution is 2.31. The highest BCUT2D eigenvalue weighted by molar-refractivity contribution is 7.10. The molecule has 0 unspecified atom stereocenters. The number of hydrogen-bond acceptors (Lipinski definition) is 4. The van der Waals surface area contributed by atoms with Gasteiger partial charge in [0.15, 0.2) is 0 Å². The lowest BCUT2D eigenvalue weighted by atomic mass is 9.95. The van der Waals surface area contributed by atoms with Gasteiger partial charge >= 0.3 is 0 Å². The first-order valence-corrected chi connectivity index (χ1v) is 8.16. The van der Waals surface area contributed by atoms with Crippen LogP contribution in [0.4, 0.5) is 0 Å². The molecule has 0 aromatic carbocycles. The molecule has 1 fully saturated rings. The molecule has 0 spiro atoms. The van der Waals surface area contributed by atoms with Crippen LogP contribution in [0.1, 0.15) is 45.5 Å². The number of piperidine rings is 1. The molecule has 4 nitrogen and oxygen atoms in total. The Hall–Kier alpha value is -1.75. The van der Waals surface area contributed by atoms with Crippen LogP contribution in [0, 0.1) is 13.8 Å². The van der Waals surface area contributed by atoms with Crippen LogP contribution in [0.25, 0.3) is 0 Å². The molecular formula is C16H19N3OS. The van der Waals surface area contributed by atoms with Gasteiger partial charge in [0.05, 0.1) is 11.3 Å². The van der Waals surface area contributed by atoms with Gasteiger partial charge in [0.1, 0.15) is 5.82 Å². The number of amides is 1. The normalized spacial score (nSPS) is 16.2. The fraction of sp³-hybridized carbons (Fsp3) is 0.438. The summed E-state index contributed by atoms with van der Waals surface area (Å²) in [5.74, 6) is 1.38. The number of rotatable bonds is 2. The van der Waals surface area contributed by atoms with Crippen LogP contribution >= 0.6 is 11.3 Å². The summed E-state index contributed by atoms with van der Waals surface area (Å²) in [6, 6.07) is 4.30. The van der Waals surface area contributed by atoms with E-state index in [1.165, 1.54) is 4.88 Å². The van der Waals surface area contributed by atoms with Gasteiger partial charge in [-0.25, -0.2) is 9.97 Å². The van der Waals surface area contributed by atoms with Crippen LogP contribution in [-0.2, 0) is 0 Å². The van der Waals surface area contributed by atoms with Gasteiger partial charge < -0.3 is 4.90 Å². The van der Waals surface area contributed by atoms with Crippen LogP contribution in [0.3, 0.4) is 0 Å². The van der Waals surface area contributed by atoms with Gasteiger partial charge in [-0.05, 0) is 44.1 Å². The second-order valence-electron chi connectivity index (χ2n) is 5.50. The Bertz CT molecular complexity index is 631. The molecule has 21 heavy (non-hydrogen) atoms. The molecule has 0 atom stereocenters. The molecule has 1 saturated heterocycles. The molecule has 0 N–H and O–H groups in total. The molecule has 0 aliphatic carbocycles. The first-order chi connectivity index (χ1) is 10.1. The Kier molecular flexibility index (Phi) is 4.01. The van der Waals surface area contributed by atoms with Crippen molar-refractivity contribution in [2.75, 3.05) is 13.1 Å². The number of carbonyl (C=O) groups is 1. The smallest absolute Gasteiger partial charge is 0.257 e. The summed E-state index contributed by atoms with van der Waals surface area (Å²) >= 11 is 1.82. The lowest BCUT2D eigenvalue weighted by Crippen LogP contribution is -2.38. The second kappa shape index (κ2) is 5.93. The highest BCUT2D eigenvalue weighted by atomic mass is 32.1. The van der Waals surface area contributed by atoms with E-state index in [4.69, 9.17) is 0 Å². The number of likely N-dealkylation sites (tertiary alicyclic amines) is 1. The van der Waals surface area contributed by atoms with Gasteiger partial charge in [-0.15, -0.1) is 11.3 Å². The second-order valence-corrected chi connectivity index (χ2v) is 6.48. The fourth-order valence-electron chi connectivity index (χ4n) is 2.85. The monoisotopic (exact) mass is 301 g/mol. The molecule has 3 heterocycles. The third kappa shape index (κ3) is 2.97. The Labute approximate surface area is 128 Å². The van der Waals surface area contributed by atoms with E-state index in [0.717, 1.165) is 31.6 Å². The van der Waals surface area contributed by atoms with E-state index < -0.39 is 0 Å². The van der Waals surface area contributed by atoms with E-state index in [0.29, 0.717) is 17.3 Å². The van der Waals surface area contributed by atoms with E-state index in [1.54, 1.807) is 6.20 Å². The Morgan fingerprint density at radius 1 is 1.33 bits per heavy atom. The van der Waals surface area contributed by atoms with Crippen LogP contribution in [0.15, 0.2) is 23.7 Å². The average Bonchev–Trinajstić information content (AvgIpc) is 3.01. The van der Waals surface area contributed by atoms with E-state index in [2.05, 4.69) is 27.5 Å². The van der Waals surface area contributed by atoms with E-state index in [1.807, 2.05) is 30.1 Å². The summed E-state index contributed by atoms with van der Waals surface area (Å²) < 4.78 is 0. The van der Waals surface area contributed by atoms with Gasteiger partial charge in [-0.2, -0.15) is 0 Å². The average molecular weight is 301 g/mol. The van der Waals surface area contributed by atoms with Crippen molar-refractivity contribution >= 4 is 17.2 Å². The summed E-state index contributed by atoms with van der Waals surface area (Å²) in [6.45, 7) is 5.34. The van der Waals surface area contributed by atoms with Crippen molar-refractivity contribution < 1.29 is 4.79 Å². The van der Waals surface area contributed by atoms with Gasteiger partial charge in [-0.3, -0.25) is 4.79 Å². The highest BCUT2D eigenvalue weighted by Gasteiger charge is 2.26. The number of nitrogens with zero attached hydrogens (tertiary/aromatic N) is 3. The van der Waals surface area contributed by atoms with Crippen LogP contribution < -0.4 is 0 Å². The van der Waals surface area contributed by atoms with Gasteiger partial charge in [-0.1, -0.05) is 6.07 Å². The van der Waals surface area contributed by atoms with Crippen LogP contribution in [0.2, 0.25) is 0 Å². The van der Waals surface area contributed by atoms with Crippen molar-refractivity contribution in [3.05, 3.63) is 45.7 Å². The molecule has 2 aromatic rings. The zero-order valence-corrected chi connectivity index (χ0v) is 13.2. The number of thiophene rings is 1. The predicted octanol–water partition coefficient (Wildman–Crippen LogP) is 3.17. The molecule has 0 bridgehead atoms. The van der Waals surface area contributed by atoms with E-state index in [9.17, 15) is 4.79 Å². The first kappa shape index (κ1) is 14.2. The van der Waals surface area contributed by atoms with Crippen molar-refractivity contribution in [3.8, 4) is 0 Å². The maximum atomic E-state index is 12.6. The maximum absolute atomic E-state index is 12.6. The third-order valence-corrected chi connectivity index (χ3v) is 5.09. The quantitative estimate of drug-likeness (QED) is 0.856. The summed E-state index contributed by atoms with van der Waals surface area (Å²) in [7, 11) is 0. The number of carbonyl (C=O) groups excluding carboxylic acids is 1. The lowest BCUT2D eigenvalue weighted by molar-refractivity contribution is 0.0712. The Balaban J connectivity index is 1.67. The molecule has 0 saturated carbocycles. The minimum atomic E-state index is 0.0668.